The summed E-state index contributed by atoms with van der Waals surface area (Å²) in [6.45, 7) is 4.31. The number of benzene rings is 1. The first-order chi connectivity index (χ1) is 9.85. The van der Waals surface area contributed by atoms with E-state index in [-0.39, 0.29) is 16.7 Å². The van der Waals surface area contributed by atoms with Crippen molar-refractivity contribution in [1.29, 1.82) is 0 Å². The number of nitrogens with one attached hydrogen (secondary N) is 1. The minimum Gasteiger partial charge on any atom is -0.493 e. The van der Waals surface area contributed by atoms with E-state index in [2.05, 4.69) is 5.32 Å². The van der Waals surface area contributed by atoms with Crippen molar-refractivity contribution in [3.63, 3.8) is 0 Å². The van der Waals surface area contributed by atoms with Gasteiger partial charge in [0.25, 0.3) is 0 Å². The molecule has 0 fully saturated rings. The fourth-order valence-corrected chi connectivity index (χ4v) is 3.03. The Labute approximate surface area is 126 Å². The van der Waals surface area contributed by atoms with Crippen LogP contribution in [0.3, 0.4) is 0 Å². The quantitative estimate of drug-likeness (QED) is 0.783. The molecule has 0 aliphatic rings. The van der Waals surface area contributed by atoms with Gasteiger partial charge in [-0.05, 0) is 0 Å². The van der Waals surface area contributed by atoms with Gasteiger partial charge < -0.3 is 19.5 Å². The second-order valence-electron chi connectivity index (χ2n) is 4.79. The lowest BCUT2D eigenvalue weighted by atomic mass is 10.3. The fourth-order valence-electron chi connectivity index (χ4n) is 1.84. The molecule has 0 unspecified atom stereocenters. The number of hydrogen-bond acceptors (Lipinski definition) is 6. The molecule has 0 aliphatic heterocycles. The second-order valence-corrected chi connectivity index (χ2v) is 6.90. The van der Waals surface area contributed by atoms with Crippen LogP contribution in [0.5, 0.6) is 17.2 Å². The fraction of sp³-hybridized carbons (Fsp3) is 0.571. The van der Waals surface area contributed by atoms with E-state index in [1.807, 2.05) is 13.8 Å². The Hall–Kier alpha value is -1.47. The molecular formula is C14H23NO5S. The molecule has 0 bridgehead atoms. The van der Waals surface area contributed by atoms with Crippen molar-refractivity contribution in [3.8, 4) is 17.2 Å². The number of methoxy groups -OCH3 is 3. The van der Waals surface area contributed by atoms with Gasteiger partial charge in [-0.2, -0.15) is 0 Å². The zero-order valence-corrected chi connectivity index (χ0v) is 13.9. The van der Waals surface area contributed by atoms with Crippen molar-refractivity contribution in [3.05, 3.63) is 12.1 Å². The molecule has 6 nitrogen and oxygen atoms in total. The Kier molecular flexibility index (Phi) is 6.29. The highest BCUT2D eigenvalue weighted by Crippen LogP contribution is 2.39. The van der Waals surface area contributed by atoms with Crippen LogP contribution in [0.15, 0.2) is 17.0 Å². The molecule has 1 aromatic rings. The molecule has 1 N–H and O–H groups in total. The van der Waals surface area contributed by atoms with Gasteiger partial charge in [0.2, 0.25) is 5.75 Å². The van der Waals surface area contributed by atoms with Crippen LogP contribution >= 0.6 is 0 Å². The summed E-state index contributed by atoms with van der Waals surface area (Å²) in [5.74, 6) is 1.03. The van der Waals surface area contributed by atoms with Crippen LogP contribution in [0.2, 0.25) is 0 Å². The van der Waals surface area contributed by atoms with E-state index in [0.29, 0.717) is 23.8 Å². The first kappa shape index (κ1) is 17.6. The van der Waals surface area contributed by atoms with Crippen LogP contribution in [-0.2, 0) is 9.84 Å². The van der Waals surface area contributed by atoms with Crippen LogP contribution < -0.4 is 19.5 Å². The highest BCUT2D eigenvalue weighted by Gasteiger charge is 2.21. The second kappa shape index (κ2) is 7.51. The van der Waals surface area contributed by atoms with E-state index in [1.54, 1.807) is 0 Å². The molecule has 7 heteroatoms. The molecule has 21 heavy (non-hydrogen) atoms. The largest absolute Gasteiger partial charge is 0.493 e. The van der Waals surface area contributed by atoms with E-state index in [0.717, 1.165) is 0 Å². The number of hydrogen-bond donors (Lipinski definition) is 1. The number of sulfone groups is 1. The topological polar surface area (TPSA) is 73.9 Å². The lowest BCUT2D eigenvalue weighted by Crippen LogP contribution is -2.28. The monoisotopic (exact) mass is 317 g/mol. The Morgan fingerprint density at radius 1 is 1.05 bits per heavy atom. The van der Waals surface area contributed by atoms with Gasteiger partial charge in [-0.1, -0.05) is 13.8 Å². The van der Waals surface area contributed by atoms with Crippen LogP contribution in [0.25, 0.3) is 0 Å². The van der Waals surface area contributed by atoms with E-state index in [9.17, 15) is 8.42 Å². The molecule has 0 amide bonds. The van der Waals surface area contributed by atoms with Crippen molar-refractivity contribution in [2.24, 2.45) is 0 Å². The lowest BCUT2D eigenvalue weighted by Gasteiger charge is -2.14. The van der Waals surface area contributed by atoms with Crippen molar-refractivity contribution in [2.45, 2.75) is 24.8 Å². The van der Waals surface area contributed by atoms with Crippen molar-refractivity contribution in [2.75, 3.05) is 33.6 Å². The summed E-state index contributed by atoms with van der Waals surface area (Å²) in [6.07, 6.45) is 0. The molecular weight excluding hydrogens is 294 g/mol. The first-order valence-electron chi connectivity index (χ1n) is 6.61. The van der Waals surface area contributed by atoms with Crippen molar-refractivity contribution >= 4 is 9.84 Å². The van der Waals surface area contributed by atoms with Gasteiger partial charge in [0.15, 0.2) is 21.3 Å². The molecule has 0 atom stereocenters. The Morgan fingerprint density at radius 3 is 1.95 bits per heavy atom. The zero-order chi connectivity index (χ0) is 16.0. The van der Waals surface area contributed by atoms with Gasteiger partial charge in [-0.15, -0.1) is 0 Å². The average molecular weight is 317 g/mol. The van der Waals surface area contributed by atoms with Gasteiger partial charge in [0.05, 0.1) is 32.0 Å². The number of ether oxygens (including phenoxy) is 3. The Morgan fingerprint density at radius 2 is 1.57 bits per heavy atom. The van der Waals surface area contributed by atoms with E-state index in [1.165, 1.54) is 33.5 Å². The van der Waals surface area contributed by atoms with Crippen LogP contribution in [-0.4, -0.2) is 48.1 Å². The lowest BCUT2D eigenvalue weighted by molar-refractivity contribution is 0.323. The molecule has 1 rings (SSSR count). The van der Waals surface area contributed by atoms with Crippen molar-refractivity contribution in [1.82, 2.24) is 5.32 Å². The third-order valence-electron chi connectivity index (χ3n) is 2.92. The van der Waals surface area contributed by atoms with Crippen LogP contribution in [0.1, 0.15) is 13.8 Å². The van der Waals surface area contributed by atoms with E-state index in [4.69, 9.17) is 14.2 Å². The molecule has 0 heterocycles. The summed E-state index contributed by atoms with van der Waals surface area (Å²) in [4.78, 5) is 0.155. The normalized spacial score (nSPS) is 11.5. The number of rotatable bonds is 8. The Balaban J connectivity index is 3.12. The van der Waals surface area contributed by atoms with Gasteiger partial charge in [-0.25, -0.2) is 8.42 Å². The molecule has 1 aromatic carbocycles. The van der Waals surface area contributed by atoms with E-state index >= 15 is 0 Å². The van der Waals surface area contributed by atoms with Crippen molar-refractivity contribution < 1.29 is 22.6 Å². The third kappa shape index (κ3) is 4.50. The first-order valence-corrected chi connectivity index (χ1v) is 8.27. The van der Waals surface area contributed by atoms with Gasteiger partial charge in [0, 0.05) is 24.7 Å². The highest BCUT2D eigenvalue weighted by atomic mass is 32.2. The van der Waals surface area contributed by atoms with E-state index < -0.39 is 9.84 Å². The smallest absolute Gasteiger partial charge is 0.203 e. The highest BCUT2D eigenvalue weighted by molar-refractivity contribution is 7.91. The average Bonchev–Trinajstić information content (AvgIpc) is 2.44. The third-order valence-corrected chi connectivity index (χ3v) is 4.62. The maximum atomic E-state index is 12.4. The van der Waals surface area contributed by atoms with Gasteiger partial charge >= 0.3 is 0 Å². The summed E-state index contributed by atoms with van der Waals surface area (Å²) >= 11 is 0. The molecule has 120 valence electrons. The van der Waals surface area contributed by atoms with Gasteiger partial charge in [-0.3, -0.25) is 0 Å². The van der Waals surface area contributed by atoms with Gasteiger partial charge in [0.1, 0.15) is 0 Å². The predicted molar refractivity (Wildman–Crippen MR) is 81.3 cm³/mol. The SMILES string of the molecule is COc1cc(S(=O)(=O)CCNC(C)C)cc(OC)c1OC. The van der Waals surface area contributed by atoms with Crippen LogP contribution in [0.4, 0.5) is 0 Å². The minimum absolute atomic E-state index is 0.00379. The minimum atomic E-state index is -3.42. The molecule has 0 saturated heterocycles. The molecule has 0 aliphatic carbocycles. The summed E-state index contributed by atoms with van der Waals surface area (Å²) in [6, 6.07) is 3.14. The summed E-state index contributed by atoms with van der Waals surface area (Å²) in [7, 11) is 0.954. The molecule has 0 radical (unpaired) electrons. The standard InChI is InChI=1S/C14H23NO5S/c1-10(2)15-6-7-21(16,17)11-8-12(18-3)14(20-5)13(9-11)19-4/h8-10,15H,6-7H2,1-5H3. The summed E-state index contributed by atoms with van der Waals surface area (Å²) in [5, 5.41) is 3.08. The summed E-state index contributed by atoms with van der Waals surface area (Å²) < 4.78 is 40.2. The molecule has 0 aromatic heterocycles. The predicted octanol–water partition coefficient (Wildman–Crippen LogP) is 1.48. The maximum absolute atomic E-state index is 12.4. The maximum Gasteiger partial charge on any atom is 0.203 e. The zero-order valence-electron chi connectivity index (χ0n) is 13.1. The molecule has 0 spiro atoms. The summed E-state index contributed by atoms with van der Waals surface area (Å²) in [5.41, 5.74) is 0. The van der Waals surface area contributed by atoms with Crippen LogP contribution in [0, 0.1) is 0 Å². The molecule has 0 saturated carbocycles. The Bertz CT molecular complexity index is 544.